The van der Waals surface area contributed by atoms with Crippen molar-refractivity contribution < 1.29 is 4.21 Å². The van der Waals surface area contributed by atoms with Crippen LogP contribution in [0.3, 0.4) is 0 Å². The molecule has 1 aromatic heterocycles. The Balaban J connectivity index is 2.07. The molecule has 0 unspecified atom stereocenters. The fourth-order valence-corrected chi connectivity index (χ4v) is 3.23. The van der Waals surface area contributed by atoms with Gasteiger partial charge < -0.3 is 5.32 Å². The quantitative estimate of drug-likeness (QED) is 0.800. The van der Waals surface area contributed by atoms with E-state index in [2.05, 4.69) is 15.3 Å². The standard InChI is InChI=1S/C9H12ClN3OS/c1-6-11-8(10)4-9(12-6)13-7-2-3-15(14)5-7/h4,7H,2-3,5H2,1H3,(H,11,12,13)/t7-,15+/m1/s1. The molecular weight excluding hydrogens is 234 g/mol. The Morgan fingerprint density at radius 1 is 1.60 bits per heavy atom. The lowest BCUT2D eigenvalue weighted by atomic mass is 10.2. The number of nitrogens with one attached hydrogen (secondary N) is 1. The van der Waals surface area contributed by atoms with Crippen molar-refractivity contribution in [2.45, 2.75) is 19.4 Å². The zero-order chi connectivity index (χ0) is 10.8. The smallest absolute Gasteiger partial charge is 0.134 e. The molecule has 0 radical (unpaired) electrons. The van der Waals surface area contributed by atoms with Crippen LogP contribution >= 0.6 is 11.6 Å². The lowest BCUT2D eigenvalue weighted by Crippen LogP contribution is -2.20. The first kappa shape index (κ1) is 10.8. The lowest BCUT2D eigenvalue weighted by Gasteiger charge is -2.11. The van der Waals surface area contributed by atoms with Gasteiger partial charge in [-0.25, -0.2) is 9.97 Å². The fourth-order valence-electron chi connectivity index (χ4n) is 1.59. The van der Waals surface area contributed by atoms with Crippen molar-refractivity contribution in [1.82, 2.24) is 9.97 Å². The minimum absolute atomic E-state index is 0.246. The Kier molecular flexibility index (Phi) is 3.21. The van der Waals surface area contributed by atoms with Crippen LogP contribution in [0, 0.1) is 6.92 Å². The van der Waals surface area contributed by atoms with E-state index >= 15 is 0 Å². The molecule has 1 N–H and O–H groups in total. The summed E-state index contributed by atoms with van der Waals surface area (Å²) in [5.41, 5.74) is 0. The lowest BCUT2D eigenvalue weighted by molar-refractivity contribution is 0.686. The summed E-state index contributed by atoms with van der Waals surface area (Å²) in [6, 6.07) is 1.94. The minimum Gasteiger partial charge on any atom is -0.366 e. The summed E-state index contributed by atoms with van der Waals surface area (Å²) in [5.74, 6) is 2.83. The summed E-state index contributed by atoms with van der Waals surface area (Å²) < 4.78 is 11.2. The van der Waals surface area contributed by atoms with Crippen LogP contribution in [0.1, 0.15) is 12.2 Å². The number of aromatic nitrogens is 2. The molecule has 2 heterocycles. The molecule has 0 aliphatic carbocycles. The van der Waals surface area contributed by atoms with Crippen LogP contribution in [0.15, 0.2) is 6.07 Å². The first-order valence-electron chi connectivity index (χ1n) is 4.76. The summed E-state index contributed by atoms with van der Waals surface area (Å²) >= 11 is 5.81. The zero-order valence-corrected chi connectivity index (χ0v) is 9.94. The second-order valence-electron chi connectivity index (χ2n) is 3.56. The normalized spacial score (nSPS) is 25.5. The number of rotatable bonds is 2. The molecule has 1 aliphatic rings. The van der Waals surface area contributed by atoms with E-state index in [0.717, 1.165) is 18.0 Å². The molecule has 6 heteroatoms. The molecule has 0 aromatic carbocycles. The maximum atomic E-state index is 11.2. The van der Waals surface area contributed by atoms with Crippen molar-refractivity contribution >= 4 is 28.2 Å². The second kappa shape index (κ2) is 4.45. The largest absolute Gasteiger partial charge is 0.366 e. The second-order valence-corrected chi connectivity index (χ2v) is 5.57. The summed E-state index contributed by atoms with van der Waals surface area (Å²) in [5, 5.41) is 3.66. The van der Waals surface area contributed by atoms with E-state index in [1.54, 1.807) is 13.0 Å². The highest BCUT2D eigenvalue weighted by Gasteiger charge is 2.21. The molecular formula is C9H12ClN3OS. The van der Waals surface area contributed by atoms with Crippen LogP contribution in [0.2, 0.25) is 5.15 Å². The molecule has 0 amide bonds. The van der Waals surface area contributed by atoms with E-state index in [1.807, 2.05) is 0 Å². The van der Waals surface area contributed by atoms with Crippen molar-refractivity contribution in [3.8, 4) is 0 Å². The first-order valence-corrected chi connectivity index (χ1v) is 6.63. The summed E-state index contributed by atoms with van der Waals surface area (Å²) in [6.07, 6.45) is 0.924. The molecule has 15 heavy (non-hydrogen) atoms. The number of hydrogen-bond acceptors (Lipinski definition) is 4. The fraction of sp³-hybridized carbons (Fsp3) is 0.556. The Labute approximate surface area is 95.9 Å². The number of halogens is 1. The summed E-state index contributed by atoms with van der Waals surface area (Å²) in [6.45, 7) is 1.80. The third kappa shape index (κ3) is 2.89. The van der Waals surface area contributed by atoms with Gasteiger partial charge in [-0.05, 0) is 13.3 Å². The van der Waals surface area contributed by atoms with Crippen molar-refractivity contribution in [3.63, 3.8) is 0 Å². The molecule has 2 rings (SSSR count). The average Bonchev–Trinajstić information content (AvgIpc) is 2.49. The van der Waals surface area contributed by atoms with Crippen LogP contribution < -0.4 is 5.32 Å². The van der Waals surface area contributed by atoms with E-state index in [-0.39, 0.29) is 6.04 Å². The van der Waals surface area contributed by atoms with E-state index in [0.29, 0.717) is 16.7 Å². The minimum atomic E-state index is -0.676. The predicted octanol–water partition coefficient (Wildman–Crippen LogP) is 1.37. The molecule has 1 aromatic rings. The molecule has 82 valence electrons. The third-order valence-corrected chi connectivity index (χ3v) is 3.90. The van der Waals surface area contributed by atoms with Crippen molar-refractivity contribution in [2.75, 3.05) is 16.8 Å². The first-order chi connectivity index (χ1) is 7.13. The molecule has 1 aliphatic heterocycles. The van der Waals surface area contributed by atoms with Crippen molar-refractivity contribution in [1.29, 1.82) is 0 Å². The summed E-state index contributed by atoms with van der Waals surface area (Å²) in [7, 11) is -0.676. The monoisotopic (exact) mass is 245 g/mol. The van der Waals surface area contributed by atoms with Crippen LogP contribution in [-0.4, -0.2) is 31.7 Å². The summed E-state index contributed by atoms with van der Waals surface area (Å²) in [4.78, 5) is 8.20. The van der Waals surface area contributed by atoms with Gasteiger partial charge >= 0.3 is 0 Å². The van der Waals surface area contributed by atoms with Gasteiger partial charge in [0, 0.05) is 34.4 Å². The molecule has 2 atom stereocenters. The molecule has 0 saturated carbocycles. The van der Waals surface area contributed by atoms with Crippen LogP contribution in [0.5, 0.6) is 0 Å². The molecule has 1 saturated heterocycles. The van der Waals surface area contributed by atoms with E-state index < -0.39 is 10.8 Å². The highest BCUT2D eigenvalue weighted by atomic mass is 35.5. The van der Waals surface area contributed by atoms with Crippen LogP contribution in [-0.2, 0) is 10.8 Å². The maximum absolute atomic E-state index is 11.2. The van der Waals surface area contributed by atoms with Gasteiger partial charge in [0.25, 0.3) is 0 Å². The van der Waals surface area contributed by atoms with Gasteiger partial charge in [0.15, 0.2) is 0 Å². The SMILES string of the molecule is Cc1nc(Cl)cc(N[C@@H]2CC[S@](=O)C2)n1. The van der Waals surface area contributed by atoms with Crippen molar-refractivity contribution in [3.05, 3.63) is 17.0 Å². The van der Waals surface area contributed by atoms with Crippen LogP contribution in [0.25, 0.3) is 0 Å². The van der Waals surface area contributed by atoms with Crippen molar-refractivity contribution in [2.24, 2.45) is 0 Å². The highest BCUT2D eigenvalue weighted by Crippen LogP contribution is 2.16. The third-order valence-electron chi connectivity index (χ3n) is 2.24. The maximum Gasteiger partial charge on any atom is 0.134 e. The van der Waals surface area contributed by atoms with Gasteiger partial charge in [0.05, 0.1) is 0 Å². The van der Waals surface area contributed by atoms with Gasteiger partial charge in [-0.15, -0.1) is 0 Å². The predicted molar refractivity (Wildman–Crippen MR) is 61.7 cm³/mol. The highest BCUT2D eigenvalue weighted by molar-refractivity contribution is 7.85. The Morgan fingerprint density at radius 2 is 2.40 bits per heavy atom. The Bertz CT molecular complexity index is 379. The molecule has 1 fully saturated rings. The van der Waals surface area contributed by atoms with E-state index in [1.165, 1.54) is 0 Å². The van der Waals surface area contributed by atoms with Gasteiger partial charge in [-0.2, -0.15) is 0 Å². The number of anilines is 1. The average molecular weight is 246 g/mol. The number of hydrogen-bond donors (Lipinski definition) is 1. The van der Waals surface area contributed by atoms with Gasteiger partial charge in [0.1, 0.15) is 16.8 Å². The van der Waals surface area contributed by atoms with Gasteiger partial charge in [-0.1, -0.05) is 11.6 Å². The van der Waals surface area contributed by atoms with Crippen LogP contribution in [0.4, 0.5) is 5.82 Å². The molecule has 0 spiro atoms. The number of aryl methyl sites for hydroxylation is 1. The Hall–Kier alpha value is -0.680. The molecule has 4 nitrogen and oxygen atoms in total. The zero-order valence-electron chi connectivity index (χ0n) is 8.36. The van der Waals surface area contributed by atoms with Gasteiger partial charge in [-0.3, -0.25) is 4.21 Å². The van der Waals surface area contributed by atoms with Gasteiger partial charge in [0.2, 0.25) is 0 Å². The molecule has 0 bridgehead atoms. The Morgan fingerprint density at radius 3 is 3.00 bits per heavy atom. The van der Waals surface area contributed by atoms with E-state index in [4.69, 9.17) is 11.6 Å². The van der Waals surface area contributed by atoms with E-state index in [9.17, 15) is 4.21 Å². The topological polar surface area (TPSA) is 54.9 Å². The number of nitrogens with zero attached hydrogens (tertiary/aromatic N) is 2.